The fourth-order valence-electron chi connectivity index (χ4n) is 1.96. The van der Waals surface area contributed by atoms with Gasteiger partial charge in [0.05, 0.1) is 18.4 Å². The van der Waals surface area contributed by atoms with Gasteiger partial charge in [0.25, 0.3) is 0 Å². The lowest BCUT2D eigenvalue weighted by Crippen LogP contribution is -2.19. The first-order valence-corrected chi connectivity index (χ1v) is 6.83. The van der Waals surface area contributed by atoms with Crippen LogP contribution in [0.25, 0.3) is 0 Å². The molecule has 1 fully saturated rings. The number of nitrogens with one attached hydrogen (secondary N) is 1. The Bertz CT molecular complexity index is 555. The third kappa shape index (κ3) is 3.40. The van der Waals surface area contributed by atoms with Gasteiger partial charge >= 0.3 is 0 Å². The standard InChI is InChI=1S/C14H18N6/c1-20(9-12-8-15-4-5-16-12)14-6-13(18-10-19-14)17-7-11-2-3-11/h4-6,8,10-11H,2-3,7,9H2,1H3,(H,17,18,19). The Hall–Kier alpha value is -2.24. The monoisotopic (exact) mass is 270 g/mol. The number of rotatable bonds is 6. The van der Waals surface area contributed by atoms with Crippen LogP contribution in [0.4, 0.5) is 11.6 Å². The van der Waals surface area contributed by atoms with Crippen LogP contribution in [0.5, 0.6) is 0 Å². The molecule has 6 nitrogen and oxygen atoms in total. The molecule has 6 heteroatoms. The van der Waals surface area contributed by atoms with Crippen LogP contribution in [0.3, 0.4) is 0 Å². The highest BCUT2D eigenvalue weighted by Gasteiger charge is 2.20. The summed E-state index contributed by atoms with van der Waals surface area (Å²) in [5.41, 5.74) is 0.918. The van der Waals surface area contributed by atoms with E-state index in [2.05, 4.69) is 25.3 Å². The fourth-order valence-corrected chi connectivity index (χ4v) is 1.96. The number of anilines is 2. The maximum absolute atomic E-state index is 4.30. The fraction of sp³-hybridized carbons (Fsp3) is 0.429. The normalized spacial score (nSPS) is 14.1. The van der Waals surface area contributed by atoms with Crippen LogP contribution >= 0.6 is 0 Å². The van der Waals surface area contributed by atoms with E-state index in [0.717, 1.165) is 29.8 Å². The Morgan fingerprint density at radius 3 is 2.90 bits per heavy atom. The lowest BCUT2D eigenvalue weighted by molar-refractivity contribution is 0.847. The second-order valence-corrected chi connectivity index (χ2v) is 5.14. The molecule has 0 saturated heterocycles. The highest BCUT2D eigenvalue weighted by molar-refractivity contribution is 5.48. The average Bonchev–Trinajstić information content (AvgIpc) is 3.31. The van der Waals surface area contributed by atoms with E-state index in [1.165, 1.54) is 12.8 Å². The van der Waals surface area contributed by atoms with Gasteiger partial charge < -0.3 is 10.2 Å². The second kappa shape index (κ2) is 5.81. The molecule has 1 N–H and O–H groups in total. The maximum atomic E-state index is 4.30. The van der Waals surface area contributed by atoms with E-state index in [9.17, 15) is 0 Å². The molecule has 0 aromatic carbocycles. The summed E-state index contributed by atoms with van der Waals surface area (Å²) in [5, 5.41) is 3.36. The van der Waals surface area contributed by atoms with Gasteiger partial charge in [-0.15, -0.1) is 0 Å². The summed E-state index contributed by atoms with van der Waals surface area (Å²) in [4.78, 5) is 18.9. The summed E-state index contributed by atoms with van der Waals surface area (Å²) >= 11 is 0. The summed E-state index contributed by atoms with van der Waals surface area (Å²) in [6, 6.07) is 1.97. The van der Waals surface area contributed by atoms with Crippen molar-refractivity contribution in [1.29, 1.82) is 0 Å². The first-order valence-electron chi connectivity index (χ1n) is 6.83. The summed E-state index contributed by atoms with van der Waals surface area (Å²) in [6.45, 7) is 1.68. The van der Waals surface area contributed by atoms with Gasteiger partial charge in [-0.25, -0.2) is 9.97 Å². The van der Waals surface area contributed by atoms with Gasteiger partial charge in [-0.1, -0.05) is 0 Å². The molecular formula is C14H18N6. The van der Waals surface area contributed by atoms with Crippen LogP contribution < -0.4 is 10.2 Å². The van der Waals surface area contributed by atoms with Crippen molar-refractivity contribution >= 4 is 11.6 Å². The van der Waals surface area contributed by atoms with Gasteiger partial charge in [0.2, 0.25) is 0 Å². The molecule has 1 aliphatic rings. The molecule has 0 amide bonds. The largest absolute Gasteiger partial charge is 0.370 e. The number of aromatic nitrogens is 4. The summed E-state index contributed by atoms with van der Waals surface area (Å²) in [6.07, 6.45) is 9.40. The third-order valence-corrected chi connectivity index (χ3v) is 3.33. The minimum atomic E-state index is 0.674. The molecule has 1 aliphatic carbocycles. The summed E-state index contributed by atoms with van der Waals surface area (Å²) < 4.78 is 0. The Morgan fingerprint density at radius 2 is 2.15 bits per heavy atom. The maximum Gasteiger partial charge on any atom is 0.134 e. The number of hydrogen-bond donors (Lipinski definition) is 1. The first-order chi connectivity index (χ1) is 9.81. The quantitative estimate of drug-likeness (QED) is 0.862. The number of nitrogens with zero attached hydrogens (tertiary/aromatic N) is 5. The van der Waals surface area contributed by atoms with E-state index in [1.54, 1.807) is 24.9 Å². The van der Waals surface area contributed by atoms with Crippen molar-refractivity contribution < 1.29 is 0 Å². The zero-order valence-electron chi connectivity index (χ0n) is 11.5. The van der Waals surface area contributed by atoms with Gasteiger partial charge in [-0.3, -0.25) is 9.97 Å². The zero-order chi connectivity index (χ0) is 13.8. The van der Waals surface area contributed by atoms with Crippen molar-refractivity contribution in [3.05, 3.63) is 36.7 Å². The molecule has 3 rings (SSSR count). The van der Waals surface area contributed by atoms with Crippen LogP contribution in [0.15, 0.2) is 31.0 Å². The zero-order valence-corrected chi connectivity index (χ0v) is 11.5. The van der Waals surface area contributed by atoms with Crippen LogP contribution in [-0.2, 0) is 6.54 Å². The van der Waals surface area contributed by atoms with Crippen molar-refractivity contribution in [3.63, 3.8) is 0 Å². The average molecular weight is 270 g/mol. The lowest BCUT2D eigenvalue weighted by Gasteiger charge is -2.17. The van der Waals surface area contributed by atoms with E-state index in [4.69, 9.17) is 0 Å². The molecule has 20 heavy (non-hydrogen) atoms. The molecule has 0 unspecified atom stereocenters. The molecule has 104 valence electrons. The van der Waals surface area contributed by atoms with Gasteiger partial charge in [0, 0.05) is 32.1 Å². The lowest BCUT2D eigenvalue weighted by atomic mass is 10.4. The van der Waals surface area contributed by atoms with E-state index < -0.39 is 0 Å². The number of hydrogen-bond acceptors (Lipinski definition) is 6. The molecule has 2 heterocycles. The molecule has 0 radical (unpaired) electrons. The minimum absolute atomic E-state index is 0.674. The Labute approximate surface area is 118 Å². The molecule has 0 atom stereocenters. The molecule has 2 aromatic rings. The van der Waals surface area contributed by atoms with E-state index >= 15 is 0 Å². The van der Waals surface area contributed by atoms with Crippen molar-refractivity contribution in [2.24, 2.45) is 5.92 Å². The Balaban J connectivity index is 1.64. The molecule has 0 aliphatic heterocycles. The van der Waals surface area contributed by atoms with Crippen molar-refractivity contribution in [2.75, 3.05) is 23.8 Å². The van der Waals surface area contributed by atoms with Gasteiger partial charge in [0.15, 0.2) is 0 Å². The molecule has 1 saturated carbocycles. The molecule has 0 spiro atoms. The van der Waals surface area contributed by atoms with Crippen LogP contribution in [0.1, 0.15) is 18.5 Å². The van der Waals surface area contributed by atoms with Crippen LogP contribution in [0, 0.1) is 5.92 Å². The minimum Gasteiger partial charge on any atom is -0.370 e. The summed E-state index contributed by atoms with van der Waals surface area (Å²) in [7, 11) is 1.99. The Kier molecular flexibility index (Phi) is 3.71. The van der Waals surface area contributed by atoms with Gasteiger partial charge in [-0.2, -0.15) is 0 Å². The molecule has 2 aromatic heterocycles. The SMILES string of the molecule is CN(Cc1cnccn1)c1cc(NCC2CC2)ncn1. The highest BCUT2D eigenvalue weighted by atomic mass is 15.2. The molecular weight excluding hydrogens is 252 g/mol. The topological polar surface area (TPSA) is 66.8 Å². The van der Waals surface area contributed by atoms with Crippen molar-refractivity contribution in [1.82, 2.24) is 19.9 Å². The van der Waals surface area contributed by atoms with Crippen LogP contribution in [-0.4, -0.2) is 33.5 Å². The smallest absolute Gasteiger partial charge is 0.134 e. The Morgan fingerprint density at radius 1 is 1.25 bits per heavy atom. The van der Waals surface area contributed by atoms with E-state index in [1.807, 2.05) is 18.0 Å². The van der Waals surface area contributed by atoms with Crippen LogP contribution in [0.2, 0.25) is 0 Å². The van der Waals surface area contributed by atoms with Crippen molar-refractivity contribution in [3.8, 4) is 0 Å². The predicted octanol–water partition coefficient (Wildman–Crippen LogP) is 1.72. The molecule has 0 bridgehead atoms. The van der Waals surface area contributed by atoms with E-state index in [-0.39, 0.29) is 0 Å². The highest BCUT2D eigenvalue weighted by Crippen LogP contribution is 2.28. The van der Waals surface area contributed by atoms with Crippen molar-refractivity contribution in [2.45, 2.75) is 19.4 Å². The van der Waals surface area contributed by atoms with E-state index in [0.29, 0.717) is 6.54 Å². The third-order valence-electron chi connectivity index (χ3n) is 3.33. The summed E-state index contributed by atoms with van der Waals surface area (Å²) in [5.74, 6) is 2.59. The second-order valence-electron chi connectivity index (χ2n) is 5.14. The van der Waals surface area contributed by atoms with Gasteiger partial charge in [-0.05, 0) is 18.8 Å². The first kappa shape index (κ1) is 12.8. The van der Waals surface area contributed by atoms with Gasteiger partial charge in [0.1, 0.15) is 18.0 Å². The predicted molar refractivity (Wildman–Crippen MR) is 77.4 cm³/mol.